The second kappa shape index (κ2) is 6.02. The maximum absolute atomic E-state index is 11.9. The highest BCUT2D eigenvalue weighted by Crippen LogP contribution is 2.49. The van der Waals surface area contributed by atoms with Gasteiger partial charge in [0.15, 0.2) is 0 Å². The van der Waals surface area contributed by atoms with Crippen molar-refractivity contribution < 1.29 is 4.79 Å². The van der Waals surface area contributed by atoms with E-state index in [2.05, 4.69) is 12.2 Å². The third-order valence-electron chi connectivity index (χ3n) is 4.75. The standard InChI is InChI=1S/C14H27N3O/c1-10(13-8-11-3-4-12(13)7-11)16-14(18)9-17(2)6-5-15/h10-13H,3-9,15H2,1-2H3,(H,16,18). The van der Waals surface area contributed by atoms with Gasteiger partial charge < -0.3 is 11.1 Å². The van der Waals surface area contributed by atoms with Gasteiger partial charge in [-0.25, -0.2) is 0 Å². The van der Waals surface area contributed by atoms with Gasteiger partial charge in [0.1, 0.15) is 0 Å². The first-order valence-corrected chi connectivity index (χ1v) is 7.28. The lowest BCUT2D eigenvalue weighted by Gasteiger charge is -2.29. The Bertz CT molecular complexity index is 295. The summed E-state index contributed by atoms with van der Waals surface area (Å²) in [5, 5.41) is 3.17. The molecule has 4 unspecified atom stereocenters. The zero-order chi connectivity index (χ0) is 13.1. The number of likely N-dealkylation sites (N-methyl/N-ethyl adjacent to an activating group) is 1. The van der Waals surface area contributed by atoms with Crippen LogP contribution in [0.15, 0.2) is 0 Å². The summed E-state index contributed by atoms with van der Waals surface area (Å²) in [4.78, 5) is 13.9. The highest BCUT2D eigenvalue weighted by Gasteiger charge is 2.42. The number of carbonyl (C=O) groups is 1. The van der Waals surface area contributed by atoms with Gasteiger partial charge in [0.05, 0.1) is 6.54 Å². The van der Waals surface area contributed by atoms with E-state index in [0.717, 1.165) is 18.4 Å². The fourth-order valence-corrected chi connectivity index (χ4v) is 3.86. The van der Waals surface area contributed by atoms with Crippen molar-refractivity contribution in [2.75, 3.05) is 26.7 Å². The van der Waals surface area contributed by atoms with Gasteiger partial charge >= 0.3 is 0 Å². The average Bonchev–Trinajstić information content (AvgIpc) is 2.90. The minimum atomic E-state index is 0.140. The third-order valence-corrected chi connectivity index (χ3v) is 4.75. The first kappa shape index (κ1) is 13.8. The van der Waals surface area contributed by atoms with Crippen LogP contribution in [0.25, 0.3) is 0 Å². The predicted molar refractivity (Wildman–Crippen MR) is 73.1 cm³/mol. The molecule has 3 N–H and O–H groups in total. The average molecular weight is 253 g/mol. The van der Waals surface area contributed by atoms with E-state index in [1.165, 1.54) is 25.7 Å². The maximum Gasteiger partial charge on any atom is 0.234 e. The molecule has 0 saturated heterocycles. The zero-order valence-corrected chi connectivity index (χ0v) is 11.7. The van der Waals surface area contributed by atoms with Gasteiger partial charge in [-0.3, -0.25) is 9.69 Å². The van der Waals surface area contributed by atoms with E-state index in [-0.39, 0.29) is 5.91 Å². The number of nitrogens with zero attached hydrogens (tertiary/aromatic N) is 1. The molecule has 0 spiro atoms. The number of nitrogens with two attached hydrogens (primary N) is 1. The summed E-state index contributed by atoms with van der Waals surface area (Å²) >= 11 is 0. The van der Waals surface area contributed by atoms with Gasteiger partial charge in [0.25, 0.3) is 0 Å². The summed E-state index contributed by atoms with van der Waals surface area (Å²) in [7, 11) is 1.94. The van der Waals surface area contributed by atoms with Crippen molar-refractivity contribution in [2.45, 2.75) is 38.6 Å². The molecule has 2 fully saturated rings. The number of rotatable bonds is 6. The summed E-state index contributed by atoms with van der Waals surface area (Å²) in [6, 6.07) is 0.332. The van der Waals surface area contributed by atoms with Crippen molar-refractivity contribution in [1.29, 1.82) is 0 Å². The number of hydrogen-bond donors (Lipinski definition) is 2. The van der Waals surface area contributed by atoms with Gasteiger partial charge in [-0.05, 0) is 51.0 Å². The van der Waals surface area contributed by atoms with Crippen LogP contribution in [-0.2, 0) is 4.79 Å². The van der Waals surface area contributed by atoms with Crippen molar-refractivity contribution in [3.8, 4) is 0 Å². The summed E-state index contributed by atoms with van der Waals surface area (Å²) in [6.07, 6.45) is 5.52. The normalized spacial score (nSPS) is 31.9. The Balaban J connectivity index is 1.73. The van der Waals surface area contributed by atoms with Crippen molar-refractivity contribution in [1.82, 2.24) is 10.2 Å². The second-order valence-electron chi connectivity index (χ2n) is 6.22. The van der Waals surface area contributed by atoms with Gasteiger partial charge in [0, 0.05) is 19.1 Å². The fourth-order valence-electron chi connectivity index (χ4n) is 3.86. The van der Waals surface area contributed by atoms with Crippen LogP contribution in [0.5, 0.6) is 0 Å². The summed E-state index contributed by atoms with van der Waals surface area (Å²) in [6.45, 7) is 4.01. The number of carbonyl (C=O) groups excluding carboxylic acids is 1. The maximum atomic E-state index is 11.9. The van der Waals surface area contributed by atoms with Crippen molar-refractivity contribution >= 4 is 5.91 Å². The molecule has 18 heavy (non-hydrogen) atoms. The van der Waals surface area contributed by atoms with Crippen molar-refractivity contribution in [2.24, 2.45) is 23.5 Å². The molecule has 2 rings (SSSR count). The molecule has 2 aliphatic carbocycles. The quantitative estimate of drug-likeness (QED) is 0.737. The Morgan fingerprint density at radius 1 is 1.44 bits per heavy atom. The van der Waals surface area contributed by atoms with E-state index in [0.29, 0.717) is 25.0 Å². The molecule has 4 nitrogen and oxygen atoms in total. The molecule has 4 atom stereocenters. The van der Waals surface area contributed by atoms with Crippen LogP contribution in [0.4, 0.5) is 0 Å². The van der Waals surface area contributed by atoms with Gasteiger partial charge in [-0.15, -0.1) is 0 Å². The minimum Gasteiger partial charge on any atom is -0.352 e. The zero-order valence-electron chi connectivity index (χ0n) is 11.7. The van der Waals surface area contributed by atoms with Crippen LogP contribution in [0, 0.1) is 17.8 Å². The van der Waals surface area contributed by atoms with Crippen molar-refractivity contribution in [3.63, 3.8) is 0 Å². The highest BCUT2D eigenvalue weighted by molar-refractivity contribution is 5.78. The molecule has 0 heterocycles. The Morgan fingerprint density at radius 3 is 2.78 bits per heavy atom. The largest absolute Gasteiger partial charge is 0.352 e. The molecule has 4 heteroatoms. The molecule has 0 aromatic carbocycles. The van der Waals surface area contributed by atoms with E-state index in [9.17, 15) is 4.79 Å². The lowest BCUT2D eigenvalue weighted by Crippen LogP contribution is -2.44. The van der Waals surface area contributed by atoms with Gasteiger partial charge in [-0.1, -0.05) is 6.42 Å². The van der Waals surface area contributed by atoms with E-state index >= 15 is 0 Å². The second-order valence-corrected chi connectivity index (χ2v) is 6.22. The first-order valence-electron chi connectivity index (χ1n) is 7.28. The summed E-state index contributed by atoms with van der Waals surface area (Å²) in [5.74, 6) is 2.67. The minimum absolute atomic E-state index is 0.140. The van der Waals surface area contributed by atoms with E-state index < -0.39 is 0 Å². The Morgan fingerprint density at radius 2 is 2.22 bits per heavy atom. The lowest BCUT2D eigenvalue weighted by atomic mass is 9.84. The molecule has 2 aliphatic rings. The molecular weight excluding hydrogens is 226 g/mol. The van der Waals surface area contributed by atoms with E-state index in [1.54, 1.807) is 0 Å². The van der Waals surface area contributed by atoms with Crippen LogP contribution in [-0.4, -0.2) is 43.5 Å². The molecule has 0 radical (unpaired) electrons. The molecule has 1 amide bonds. The predicted octanol–water partition coefficient (Wildman–Crippen LogP) is 0.818. The van der Waals surface area contributed by atoms with E-state index in [1.807, 2.05) is 11.9 Å². The number of fused-ring (bicyclic) bond motifs is 2. The van der Waals surface area contributed by atoms with Gasteiger partial charge in [0.2, 0.25) is 5.91 Å². The Labute approximate surface area is 110 Å². The topological polar surface area (TPSA) is 58.4 Å². The van der Waals surface area contributed by atoms with Gasteiger partial charge in [-0.2, -0.15) is 0 Å². The molecular formula is C14H27N3O. The molecule has 104 valence electrons. The summed E-state index contributed by atoms with van der Waals surface area (Å²) < 4.78 is 0. The number of hydrogen-bond acceptors (Lipinski definition) is 3. The Kier molecular flexibility index (Phi) is 4.62. The lowest BCUT2D eigenvalue weighted by molar-refractivity contribution is -0.123. The number of nitrogens with one attached hydrogen (secondary N) is 1. The van der Waals surface area contributed by atoms with Crippen LogP contribution in [0.2, 0.25) is 0 Å². The van der Waals surface area contributed by atoms with Crippen LogP contribution >= 0.6 is 0 Å². The Hall–Kier alpha value is -0.610. The van der Waals surface area contributed by atoms with E-state index in [4.69, 9.17) is 5.73 Å². The van der Waals surface area contributed by atoms with Crippen molar-refractivity contribution in [3.05, 3.63) is 0 Å². The highest BCUT2D eigenvalue weighted by atomic mass is 16.2. The SMILES string of the molecule is CC(NC(=O)CN(C)CCN)C1CC2CCC1C2. The van der Waals surface area contributed by atoms with Crippen LogP contribution in [0.1, 0.15) is 32.6 Å². The third kappa shape index (κ3) is 3.23. The van der Waals surface area contributed by atoms with Crippen LogP contribution in [0.3, 0.4) is 0 Å². The summed E-state index contributed by atoms with van der Waals surface area (Å²) in [5.41, 5.74) is 5.47. The molecule has 0 aromatic heterocycles. The molecule has 2 saturated carbocycles. The molecule has 0 aliphatic heterocycles. The smallest absolute Gasteiger partial charge is 0.234 e. The molecule has 2 bridgehead atoms. The fraction of sp³-hybridized carbons (Fsp3) is 0.929. The monoisotopic (exact) mass is 253 g/mol. The van der Waals surface area contributed by atoms with Crippen LogP contribution < -0.4 is 11.1 Å². The number of amides is 1. The molecule has 0 aromatic rings. The first-order chi connectivity index (χ1) is 8.60.